The Balaban J connectivity index is 2.19. The van der Waals surface area contributed by atoms with Crippen LogP contribution >= 0.6 is 0 Å². The van der Waals surface area contributed by atoms with Crippen molar-refractivity contribution in [2.24, 2.45) is 0 Å². The molecule has 1 aliphatic heterocycles. The molecule has 106 valence electrons. The minimum absolute atomic E-state index is 0.0339. The Morgan fingerprint density at radius 3 is 2.89 bits per heavy atom. The van der Waals surface area contributed by atoms with Crippen molar-refractivity contribution < 1.29 is 24.1 Å². The second kappa shape index (κ2) is 5.61. The number of nitrogen functional groups attached to an aromatic ring is 1. The van der Waals surface area contributed by atoms with Crippen molar-refractivity contribution in [3.63, 3.8) is 0 Å². The third-order valence-electron chi connectivity index (χ3n) is 2.82. The van der Waals surface area contributed by atoms with Gasteiger partial charge < -0.3 is 25.4 Å². The molecule has 1 aromatic heterocycles. The molecule has 0 bridgehead atoms. The Labute approximate surface area is 107 Å². The van der Waals surface area contributed by atoms with Crippen LogP contribution in [0.1, 0.15) is 6.23 Å². The first kappa shape index (κ1) is 13.9. The van der Waals surface area contributed by atoms with Crippen LogP contribution in [-0.2, 0) is 9.47 Å². The Kier molecular flexibility index (Phi) is 4.10. The van der Waals surface area contributed by atoms with Crippen LogP contribution in [0.15, 0.2) is 17.1 Å². The van der Waals surface area contributed by atoms with E-state index < -0.39 is 37.1 Å². The van der Waals surface area contributed by atoms with Crippen LogP contribution in [0.4, 0.5) is 10.2 Å². The number of anilines is 1. The van der Waals surface area contributed by atoms with Crippen LogP contribution in [0, 0.1) is 0 Å². The van der Waals surface area contributed by atoms with Crippen molar-refractivity contribution >= 4 is 5.82 Å². The van der Waals surface area contributed by atoms with E-state index in [1.54, 1.807) is 0 Å². The molecule has 2 heterocycles. The molecule has 1 saturated heterocycles. The van der Waals surface area contributed by atoms with Gasteiger partial charge in [-0.1, -0.05) is 0 Å². The molecule has 0 spiro atoms. The molecular formula is C10H14FN3O5. The first-order valence-electron chi connectivity index (χ1n) is 5.54. The lowest BCUT2D eigenvalue weighted by molar-refractivity contribution is -0.0797. The van der Waals surface area contributed by atoms with E-state index in [1.807, 2.05) is 0 Å². The number of halogens is 1. The fraction of sp³-hybridized carbons (Fsp3) is 0.600. The minimum atomic E-state index is -1.35. The Morgan fingerprint density at radius 2 is 2.26 bits per heavy atom. The molecule has 1 aromatic rings. The summed E-state index contributed by atoms with van der Waals surface area (Å²) in [5, 5.41) is 19.6. The van der Waals surface area contributed by atoms with Crippen molar-refractivity contribution in [3.05, 3.63) is 22.7 Å². The zero-order valence-corrected chi connectivity index (χ0v) is 9.85. The minimum Gasteiger partial charge on any atom is -0.387 e. The van der Waals surface area contributed by atoms with Crippen LogP contribution in [0.5, 0.6) is 0 Å². The maximum atomic E-state index is 11.9. The summed E-state index contributed by atoms with van der Waals surface area (Å²) in [6.45, 7) is -1.26. The maximum Gasteiger partial charge on any atom is 0.351 e. The van der Waals surface area contributed by atoms with Gasteiger partial charge in [-0.05, 0) is 6.07 Å². The molecule has 0 radical (unpaired) electrons. The average Bonchev–Trinajstić information content (AvgIpc) is 2.64. The highest BCUT2D eigenvalue weighted by molar-refractivity contribution is 5.23. The lowest BCUT2D eigenvalue weighted by Gasteiger charge is -2.16. The van der Waals surface area contributed by atoms with Crippen molar-refractivity contribution in [2.75, 3.05) is 19.2 Å². The van der Waals surface area contributed by atoms with Crippen LogP contribution in [0.25, 0.3) is 0 Å². The van der Waals surface area contributed by atoms with Gasteiger partial charge in [0.2, 0.25) is 0 Å². The first-order valence-corrected chi connectivity index (χ1v) is 5.54. The Hall–Kier alpha value is -1.55. The molecule has 19 heavy (non-hydrogen) atoms. The monoisotopic (exact) mass is 275 g/mol. The highest BCUT2D eigenvalue weighted by atomic mass is 19.1. The molecule has 4 N–H and O–H groups in total. The highest BCUT2D eigenvalue weighted by Gasteiger charge is 2.44. The number of ether oxygens (including phenoxy) is 2. The summed E-state index contributed by atoms with van der Waals surface area (Å²) in [6, 6.07) is 1.36. The summed E-state index contributed by atoms with van der Waals surface area (Å²) < 4.78 is 22.7. The second-order valence-electron chi connectivity index (χ2n) is 4.07. The van der Waals surface area contributed by atoms with E-state index in [0.717, 1.165) is 4.57 Å². The summed E-state index contributed by atoms with van der Waals surface area (Å²) in [5.41, 5.74) is 4.62. The third kappa shape index (κ3) is 2.73. The first-order chi connectivity index (χ1) is 9.04. The fourth-order valence-electron chi connectivity index (χ4n) is 1.88. The van der Waals surface area contributed by atoms with E-state index in [-0.39, 0.29) is 12.4 Å². The largest absolute Gasteiger partial charge is 0.387 e. The zero-order chi connectivity index (χ0) is 14.0. The van der Waals surface area contributed by atoms with Gasteiger partial charge in [0.05, 0.1) is 6.61 Å². The van der Waals surface area contributed by atoms with Crippen LogP contribution in [-0.4, -0.2) is 51.5 Å². The molecule has 1 fully saturated rings. The molecule has 1 aliphatic rings. The normalized spacial score (nSPS) is 30.7. The fourth-order valence-corrected chi connectivity index (χ4v) is 1.88. The standard InChI is InChI=1S/C10H14FN3O5/c11-4-18-3-5-7(15)8(16)9(19-5)14-2-1-6(12)13-10(14)17/h1-2,5,7-9,15-16H,3-4H2,(H2,12,13,17)/t5-,7-,8-,9-/m1/s1. The molecule has 0 aliphatic carbocycles. The number of aliphatic hydroxyl groups excluding tert-OH is 2. The SMILES string of the molecule is Nc1ccn([C@@H]2O[C@H](COCF)[C@@H](O)[C@H]2O)c(=O)n1. The molecule has 0 saturated carbocycles. The van der Waals surface area contributed by atoms with Crippen molar-refractivity contribution in [2.45, 2.75) is 24.5 Å². The molecule has 8 nitrogen and oxygen atoms in total. The quantitative estimate of drug-likeness (QED) is 0.604. The molecule has 0 aromatic carbocycles. The summed E-state index contributed by atoms with van der Waals surface area (Å²) >= 11 is 0. The number of nitrogens with zero attached hydrogens (tertiary/aromatic N) is 2. The van der Waals surface area contributed by atoms with E-state index >= 15 is 0 Å². The number of nitrogens with two attached hydrogens (primary N) is 1. The highest BCUT2D eigenvalue weighted by Crippen LogP contribution is 2.28. The lowest BCUT2D eigenvalue weighted by Crippen LogP contribution is -2.36. The van der Waals surface area contributed by atoms with Crippen LogP contribution < -0.4 is 11.4 Å². The summed E-state index contributed by atoms with van der Waals surface area (Å²) in [7, 11) is 0. The van der Waals surface area contributed by atoms with E-state index in [1.165, 1.54) is 12.3 Å². The van der Waals surface area contributed by atoms with E-state index in [4.69, 9.17) is 10.5 Å². The van der Waals surface area contributed by atoms with Gasteiger partial charge >= 0.3 is 5.69 Å². The van der Waals surface area contributed by atoms with E-state index in [9.17, 15) is 19.4 Å². The van der Waals surface area contributed by atoms with E-state index in [2.05, 4.69) is 9.72 Å². The van der Waals surface area contributed by atoms with Gasteiger partial charge in [0.25, 0.3) is 0 Å². The van der Waals surface area contributed by atoms with Crippen LogP contribution in [0.2, 0.25) is 0 Å². The van der Waals surface area contributed by atoms with Gasteiger partial charge in [-0.2, -0.15) is 4.98 Å². The molecule has 9 heteroatoms. The van der Waals surface area contributed by atoms with Gasteiger partial charge in [-0.25, -0.2) is 9.18 Å². The predicted octanol–water partition coefficient (Wildman–Crippen LogP) is -1.61. The van der Waals surface area contributed by atoms with Gasteiger partial charge in [0.1, 0.15) is 24.1 Å². The summed E-state index contributed by atoms with van der Waals surface area (Å²) in [4.78, 5) is 15.1. The van der Waals surface area contributed by atoms with Crippen molar-refractivity contribution in [1.82, 2.24) is 9.55 Å². The van der Waals surface area contributed by atoms with Crippen molar-refractivity contribution in [1.29, 1.82) is 0 Å². The van der Waals surface area contributed by atoms with Gasteiger partial charge in [-0.3, -0.25) is 4.57 Å². The lowest BCUT2D eigenvalue weighted by atomic mass is 10.1. The number of hydrogen-bond acceptors (Lipinski definition) is 7. The average molecular weight is 275 g/mol. The predicted molar refractivity (Wildman–Crippen MR) is 60.8 cm³/mol. The van der Waals surface area contributed by atoms with Gasteiger partial charge in [-0.15, -0.1) is 0 Å². The number of alkyl halides is 1. The Morgan fingerprint density at radius 1 is 1.53 bits per heavy atom. The topological polar surface area (TPSA) is 120 Å². The molecule has 0 amide bonds. The smallest absolute Gasteiger partial charge is 0.351 e. The van der Waals surface area contributed by atoms with Crippen molar-refractivity contribution in [3.8, 4) is 0 Å². The Bertz CT molecular complexity index is 496. The number of aliphatic hydroxyl groups is 2. The number of hydrogen-bond donors (Lipinski definition) is 3. The summed E-state index contributed by atoms with van der Waals surface area (Å²) in [6.07, 6.45) is -3.40. The second-order valence-corrected chi connectivity index (χ2v) is 4.07. The van der Waals surface area contributed by atoms with E-state index in [0.29, 0.717) is 0 Å². The molecule has 2 rings (SSSR count). The number of rotatable bonds is 4. The molecule has 0 unspecified atom stereocenters. The molecular weight excluding hydrogens is 261 g/mol. The zero-order valence-electron chi connectivity index (χ0n) is 9.85. The number of aromatic nitrogens is 2. The van der Waals surface area contributed by atoms with Gasteiger partial charge in [0.15, 0.2) is 13.1 Å². The maximum absolute atomic E-state index is 11.9. The molecule has 4 atom stereocenters. The van der Waals surface area contributed by atoms with Crippen LogP contribution in [0.3, 0.4) is 0 Å². The third-order valence-corrected chi connectivity index (χ3v) is 2.82. The summed E-state index contributed by atoms with van der Waals surface area (Å²) in [5.74, 6) is 0.0339. The van der Waals surface area contributed by atoms with Gasteiger partial charge in [0, 0.05) is 6.20 Å².